The Labute approximate surface area is 253 Å². The molecule has 43 heavy (non-hydrogen) atoms. The summed E-state index contributed by atoms with van der Waals surface area (Å²) in [4.78, 5) is 39.7. The molecule has 0 N–H and O–H groups in total. The molecule has 0 saturated heterocycles. The highest BCUT2D eigenvalue weighted by atomic mass is 16.5. The quantitative estimate of drug-likeness (QED) is 0.317. The summed E-state index contributed by atoms with van der Waals surface area (Å²) >= 11 is 0. The number of carbonyl (C=O) groups excluding carboxylic acids is 2. The summed E-state index contributed by atoms with van der Waals surface area (Å²) in [7, 11) is 3.92. The molecule has 0 bridgehead atoms. The monoisotopic (exact) mass is 580 g/mol. The van der Waals surface area contributed by atoms with Crippen molar-refractivity contribution in [2.24, 2.45) is 0 Å². The average Bonchev–Trinajstić information content (AvgIpc) is 3.34. The molecule has 0 atom stereocenters. The zero-order chi connectivity index (χ0) is 30.3. The Bertz CT molecular complexity index is 1540. The highest BCUT2D eigenvalue weighted by Gasteiger charge is 2.28. The number of benzene rings is 2. The van der Waals surface area contributed by atoms with Gasteiger partial charge in [0.2, 0.25) is 5.91 Å². The summed E-state index contributed by atoms with van der Waals surface area (Å²) in [6, 6.07) is 20.4. The van der Waals surface area contributed by atoms with Crippen LogP contribution >= 0.6 is 0 Å². The van der Waals surface area contributed by atoms with Gasteiger partial charge in [0.25, 0.3) is 5.91 Å². The molecule has 0 saturated carbocycles. The van der Waals surface area contributed by atoms with Gasteiger partial charge in [0, 0.05) is 76.4 Å². The Balaban J connectivity index is 1.56. The highest BCUT2D eigenvalue weighted by Crippen LogP contribution is 2.30. The van der Waals surface area contributed by atoms with E-state index in [1.807, 2.05) is 84.4 Å². The molecule has 9 nitrogen and oxygen atoms in total. The molecule has 5 rings (SSSR count). The summed E-state index contributed by atoms with van der Waals surface area (Å²) in [6.45, 7) is 7.63. The second-order valence-corrected chi connectivity index (χ2v) is 11.4. The maximum Gasteiger partial charge on any atom is 0.276 e. The molecular formula is C34H40N6O3. The SMILES string of the molecule is CC(=O)N1CCCN(Cc2ccccc2)CCN(C(=O)c2noc(C)c2CN(C)C)Cc2cc(-c3cccnc3)ccc21. The Morgan fingerprint density at radius 2 is 1.77 bits per heavy atom. The van der Waals surface area contributed by atoms with Gasteiger partial charge in [-0.25, -0.2) is 0 Å². The lowest BCUT2D eigenvalue weighted by Crippen LogP contribution is -2.39. The molecule has 4 aromatic rings. The van der Waals surface area contributed by atoms with Crippen molar-refractivity contribution < 1.29 is 14.1 Å². The summed E-state index contributed by atoms with van der Waals surface area (Å²) < 4.78 is 5.53. The van der Waals surface area contributed by atoms with E-state index in [1.54, 1.807) is 13.1 Å². The number of pyridine rings is 1. The van der Waals surface area contributed by atoms with E-state index in [1.165, 1.54) is 5.56 Å². The van der Waals surface area contributed by atoms with E-state index >= 15 is 0 Å². The summed E-state index contributed by atoms with van der Waals surface area (Å²) in [5.41, 5.74) is 6.01. The number of aryl methyl sites for hydroxylation is 1. The van der Waals surface area contributed by atoms with Crippen molar-refractivity contribution in [2.75, 3.05) is 45.2 Å². The maximum absolute atomic E-state index is 14.3. The zero-order valence-electron chi connectivity index (χ0n) is 25.5. The van der Waals surface area contributed by atoms with Crippen molar-refractivity contribution in [3.8, 4) is 11.1 Å². The molecule has 0 spiro atoms. The Morgan fingerprint density at radius 3 is 2.49 bits per heavy atom. The van der Waals surface area contributed by atoms with Gasteiger partial charge in [-0.3, -0.25) is 19.5 Å². The lowest BCUT2D eigenvalue weighted by molar-refractivity contribution is -0.116. The van der Waals surface area contributed by atoms with E-state index in [-0.39, 0.29) is 11.8 Å². The van der Waals surface area contributed by atoms with Crippen molar-refractivity contribution >= 4 is 17.5 Å². The molecule has 1 aliphatic heterocycles. The fourth-order valence-corrected chi connectivity index (χ4v) is 5.63. The number of nitrogens with zero attached hydrogens (tertiary/aromatic N) is 6. The van der Waals surface area contributed by atoms with Crippen LogP contribution in [0.5, 0.6) is 0 Å². The second-order valence-electron chi connectivity index (χ2n) is 11.4. The third-order valence-electron chi connectivity index (χ3n) is 7.85. The van der Waals surface area contributed by atoms with Gasteiger partial charge in [-0.05, 0) is 67.9 Å². The summed E-state index contributed by atoms with van der Waals surface area (Å²) in [6.07, 6.45) is 4.38. The van der Waals surface area contributed by atoms with Crippen LogP contribution in [0.25, 0.3) is 11.1 Å². The number of fused-ring (bicyclic) bond motifs is 1. The Kier molecular flexibility index (Phi) is 9.64. The van der Waals surface area contributed by atoms with E-state index in [0.717, 1.165) is 47.5 Å². The molecule has 2 aromatic heterocycles. The summed E-state index contributed by atoms with van der Waals surface area (Å²) in [5.74, 6) is 0.435. The van der Waals surface area contributed by atoms with Gasteiger partial charge in [-0.1, -0.05) is 47.6 Å². The molecule has 1 aliphatic rings. The van der Waals surface area contributed by atoms with Crippen molar-refractivity contribution in [1.82, 2.24) is 24.8 Å². The number of amides is 2. The molecule has 9 heteroatoms. The number of anilines is 1. The third-order valence-corrected chi connectivity index (χ3v) is 7.85. The van der Waals surface area contributed by atoms with Gasteiger partial charge in [0.15, 0.2) is 5.69 Å². The fraction of sp³-hybridized carbons (Fsp3) is 0.353. The molecule has 0 radical (unpaired) electrons. The number of aromatic nitrogens is 2. The van der Waals surface area contributed by atoms with E-state index in [9.17, 15) is 9.59 Å². The zero-order valence-corrected chi connectivity index (χ0v) is 25.5. The van der Waals surface area contributed by atoms with Crippen molar-refractivity contribution in [2.45, 2.75) is 39.9 Å². The van der Waals surface area contributed by atoms with Crippen LogP contribution in [0.15, 0.2) is 77.6 Å². The first-order valence-electron chi connectivity index (χ1n) is 14.8. The van der Waals surface area contributed by atoms with Crippen LogP contribution in [0.1, 0.15) is 46.3 Å². The molecule has 2 amide bonds. The first kappa shape index (κ1) is 30.1. The Morgan fingerprint density at radius 1 is 0.953 bits per heavy atom. The standard InChI is InChI=1S/C34H40N6O3/c1-25-31(24-37(3)4)33(36-43-25)34(42)39-19-18-38(22-27-10-6-5-7-11-27)16-9-17-40(26(2)41)32-14-13-28(20-30(32)23-39)29-12-8-15-35-21-29/h5-8,10-15,20-21H,9,16-19,22-24H2,1-4H3. The molecule has 224 valence electrons. The fourth-order valence-electron chi connectivity index (χ4n) is 5.63. The van der Waals surface area contributed by atoms with Gasteiger partial charge >= 0.3 is 0 Å². The normalized spacial score (nSPS) is 14.8. The predicted octanol–water partition coefficient (Wildman–Crippen LogP) is 5.01. The van der Waals surface area contributed by atoms with Crippen LogP contribution in [0.2, 0.25) is 0 Å². The minimum Gasteiger partial charge on any atom is -0.361 e. The first-order valence-corrected chi connectivity index (χ1v) is 14.8. The van der Waals surface area contributed by atoms with Crippen LogP contribution in [0.3, 0.4) is 0 Å². The molecule has 0 fully saturated rings. The number of rotatable bonds is 6. The largest absolute Gasteiger partial charge is 0.361 e. The van der Waals surface area contributed by atoms with Crippen LogP contribution in [0.4, 0.5) is 5.69 Å². The maximum atomic E-state index is 14.3. The number of hydrogen-bond acceptors (Lipinski definition) is 7. The predicted molar refractivity (Wildman–Crippen MR) is 167 cm³/mol. The highest BCUT2D eigenvalue weighted by molar-refractivity contribution is 5.95. The van der Waals surface area contributed by atoms with E-state index in [2.05, 4.69) is 33.2 Å². The van der Waals surface area contributed by atoms with E-state index in [0.29, 0.717) is 44.2 Å². The van der Waals surface area contributed by atoms with Gasteiger partial charge < -0.3 is 19.2 Å². The number of hydrogen-bond donors (Lipinski definition) is 0. The number of carbonyl (C=O) groups is 2. The van der Waals surface area contributed by atoms with E-state index in [4.69, 9.17) is 4.52 Å². The average molecular weight is 581 g/mol. The molecule has 2 aromatic carbocycles. The Hall–Kier alpha value is -4.34. The smallest absolute Gasteiger partial charge is 0.276 e. The van der Waals surface area contributed by atoms with Crippen LogP contribution in [0, 0.1) is 6.92 Å². The van der Waals surface area contributed by atoms with E-state index < -0.39 is 0 Å². The molecule has 3 heterocycles. The molecule has 0 aliphatic carbocycles. The van der Waals surface area contributed by atoms with Crippen molar-refractivity contribution in [3.05, 3.63) is 101 Å². The van der Waals surface area contributed by atoms with Crippen molar-refractivity contribution in [1.29, 1.82) is 0 Å². The summed E-state index contributed by atoms with van der Waals surface area (Å²) in [5, 5.41) is 4.23. The molecule has 0 unspecified atom stereocenters. The first-order chi connectivity index (χ1) is 20.8. The van der Waals surface area contributed by atoms with Crippen LogP contribution in [-0.2, 0) is 24.4 Å². The van der Waals surface area contributed by atoms with Crippen LogP contribution < -0.4 is 4.90 Å². The molecular weight excluding hydrogens is 540 g/mol. The van der Waals surface area contributed by atoms with Gasteiger partial charge in [-0.2, -0.15) is 0 Å². The minimum absolute atomic E-state index is 0.0255. The van der Waals surface area contributed by atoms with Gasteiger partial charge in [-0.15, -0.1) is 0 Å². The topological polar surface area (TPSA) is 86.0 Å². The third kappa shape index (κ3) is 7.36. The second kappa shape index (κ2) is 13.8. The van der Waals surface area contributed by atoms with Gasteiger partial charge in [0.1, 0.15) is 5.76 Å². The van der Waals surface area contributed by atoms with Gasteiger partial charge in [0.05, 0.1) is 0 Å². The lowest BCUT2D eigenvalue weighted by atomic mass is 10.0. The minimum atomic E-state index is -0.181. The van der Waals surface area contributed by atoms with Crippen LogP contribution in [-0.4, -0.2) is 76.9 Å². The lowest BCUT2D eigenvalue weighted by Gasteiger charge is -2.28. The van der Waals surface area contributed by atoms with Crippen molar-refractivity contribution in [3.63, 3.8) is 0 Å².